The highest BCUT2D eigenvalue weighted by atomic mass is 19.2. The van der Waals surface area contributed by atoms with Gasteiger partial charge in [-0.25, -0.2) is 28.0 Å². The lowest BCUT2D eigenvalue weighted by molar-refractivity contribution is 0.0388. The Hall–Kier alpha value is -4.46. The Bertz CT molecular complexity index is 2000. The summed E-state index contributed by atoms with van der Waals surface area (Å²) >= 11 is 0. The minimum absolute atomic E-state index is 0.00417. The summed E-state index contributed by atoms with van der Waals surface area (Å²) in [5, 5.41) is 1.07. The van der Waals surface area contributed by atoms with Crippen LogP contribution in [0.3, 0.4) is 0 Å². The minimum Gasteiger partial charge on any atom is -0.386 e. The third-order valence-corrected chi connectivity index (χ3v) is 6.26. The van der Waals surface area contributed by atoms with Gasteiger partial charge in [0, 0.05) is 21.5 Å². The molecule has 0 saturated heterocycles. The van der Waals surface area contributed by atoms with Crippen molar-refractivity contribution >= 4 is 65.8 Å². The average Bonchev–Trinajstić information content (AvgIpc) is 3.06. The van der Waals surface area contributed by atoms with Crippen molar-refractivity contribution in [3.63, 3.8) is 0 Å². The molecule has 1 aliphatic rings. The second-order valence-electron chi connectivity index (χ2n) is 7.69. The topological polar surface area (TPSA) is 90.7 Å². The van der Waals surface area contributed by atoms with Gasteiger partial charge in [0.15, 0.2) is 11.6 Å². The van der Waals surface area contributed by atoms with Crippen LogP contribution in [0.5, 0.6) is 0 Å². The van der Waals surface area contributed by atoms with Crippen molar-refractivity contribution in [1.29, 1.82) is 0 Å². The van der Waals surface area contributed by atoms with Crippen molar-refractivity contribution in [2.45, 2.75) is 0 Å². The summed E-state index contributed by atoms with van der Waals surface area (Å²) in [7, 11) is 0. The van der Waals surface area contributed by atoms with Gasteiger partial charge in [-0.1, -0.05) is 36.4 Å². The molecule has 0 N–H and O–H groups in total. The Kier molecular flexibility index (Phi) is 2.82. The maximum atomic E-state index is 15.5. The molecule has 0 saturated carbocycles. The Morgan fingerprint density at radius 2 is 1.19 bits per heavy atom. The zero-order valence-electron chi connectivity index (χ0n) is 15.7. The molecule has 0 amide bonds. The number of benzene rings is 5. The zero-order valence-corrected chi connectivity index (χ0v) is 15.7. The molecule has 0 unspecified atom stereocenters. The van der Waals surface area contributed by atoms with Crippen molar-refractivity contribution in [2.24, 2.45) is 0 Å². The van der Waals surface area contributed by atoms with E-state index in [-0.39, 0.29) is 26.9 Å². The summed E-state index contributed by atoms with van der Waals surface area (Å²) in [5.41, 5.74) is -3.40. The summed E-state index contributed by atoms with van der Waals surface area (Å²) in [6.45, 7) is 0. The Morgan fingerprint density at radius 3 is 1.91 bits per heavy atom. The molecule has 6 nitrogen and oxygen atoms in total. The molecule has 0 radical (unpaired) electrons. The molecule has 32 heavy (non-hydrogen) atoms. The van der Waals surface area contributed by atoms with Crippen LogP contribution in [0, 0.1) is 11.6 Å². The number of carbonyl (C=O) groups excluding carboxylic acids is 2. The van der Waals surface area contributed by atoms with Gasteiger partial charge in [-0.3, -0.25) is 0 Å². The first-order valence-electron chi connectivity index (χ1n) is 9.50. The number of esters is 2. The lowest BCUT2D eigenvalue weighted by atomic mass is 9.83. The predicted octanol–water partition coefficient (Wildman–Crippen LogP) is 4.23. The number of hydrogen-bond acceptors (Lipinski definition) is 6. The highest BCUT2D eigenvalue weighted by molar-refractivity contribution is 6.43. The molecule has 2 heterocycles. The van der Waals surface area contributed by atoms with E-state index in [1.165, 1.54) is 0 Å². The van der Waals surface area contributed by atoms with Crippen LogP contribution in [0.1, 0.15) is 20.7 Å². The quantitative estimate of drug-likeness (QED) is 0.156. The molecule has 1 aliphatic heterocycles. The fourth-order valence-corrected chi connectivity index (χ4v) is 5.15. The van der Waals surface area contributed by atoms with Gasteiger partial charge < -0.3 is 9.15 Å². The van der Waals surface area contributed by atoms with Gasteiger partial charge in [0.2, 0.25) is 0 Å². The summed E-state index contributed by atoms with van der Waals surface area (Å²) in [6.07, 6.45) is 0. The molecule has 7 rings (SSSR count). The number of hydrogen-bond donors (Lipinski definition) is 0. The van der Waals surface area contributed by atoms with Crippen LogP contribution in [0.2, 0.25) is 0 Å². The van der Waals surface area contributed by atoms with Gasteiger partial charge in [-0.15, -0.1) is 0 Å². The van der Waals surface area contributed by atoms with Crippen molar-refractivity contribution in [2.75, 3.05) is 0 Å². The number of furan rings is 1. The number of ether oxygens (including phenoxy) is 1. The molecule has 0 bridgehead atoms. The molecule has 0 atom stereocenters. The fourth-order valence-electron chi connectivity index (χ4n) is 5.15. The molecule has 152 valence electrons. The van der Waals surface area contributed by atoms with E-state index >= 15 is 8.78 Å². The standard InChI is InChI=1S/C24H6F2O6/c25-19-12-9-6-2-4-7-3-1-5-8(10(7)9)11-13(12)14-16(17-15(11)21(27)31-23(17)29)22(28)32-24(30)18(14)20(19)26/h1-6H. The molecule has 0 spiro atoms. The van der Waals surface area contributed by atoms with Crippen LogP contribution >= 0.6 is 0 Å². The molecule has 0 aliphatic carbocycles. The average molecular weight is 428 g/mol. The number of fused-ring (bicyclic) bond motifs is 5. The highest BCUT2D eigenvalue weighted by Gasteiger charge is 2.39. The van der Waals surface area contributed by atoms with E-state index < -0.39 is 51.3 Å². The first-order chi connectivity index (χ1) is 15.4. The maximum Gasteiger partial charge on any atom is 0.349 e. The summed E-state index contributed by atoms with van der Waals surface area (Å²) in [6, 6.07) is 10.2. The second-order valence-corrected chi connectivity index (χ2v) is 7.69. The van der Waals surface area contributed by atoms with Gasteiger partial charge in [0.1, 0.15) is 5.56 Å². The van der Waals surface area contributed by atoms with E-state index in [1.807, 2.05) is 0 Å². The van der Waals surface area contributed by atoms with Gasteiger partial charge in [0.25, 0.3) is 0 Å². The van der Waals surface area contributed by atoms with Crippen LogP contribution in [0.15, 0.2) is 50.4 Å². The summed E-state index contributed by atoms with van der Waals surface area (Å²) in [5.74, 6) is -5.41. The Labute approximate surface area is 173 Å². The number of rotatable bonds is 0. The van der Waals surface area contributed by atoms with Crippen LogP contribution in [-0.4, -0.2) is 11.9 Å². The second kappa shape index (κ2) is 5.23. The Morgan fingerprint density at radius 1 is 0.562 bits per heavy atom. The van der Waals surface area contributed by atoms with Crippen LogP contribution < -0.4 is 11.3 Å². The lowest BCUT2D eigenvalue weighted by Crippen LogP contribution is -2.23. The Balaban J connectivity index is 2.07. The first kappa shape index (κ1) is 17.2. The monoisotopic (exact) mass is 428 g/mol. The van der Waals surface area contributed by atoms with Crippen molar-refractivity contribution < 1.29 is 27.5 Å². The molecule has 5 aromatic carbocycles. The fraction of sp³-hybridized carbons (Fsp3) is 0. The molecule has 6 aromatic rings. The normalized spacial score (nSPS) is 13.9. The van der Waals surface area contributed by atoms with E-state index in [1.54, 1.807) is 36.4 Å². The minimum atomic E-state index is -1.49. The van der Waals surface area contributed by atoms with E-state index in [0.29, 0.717) is 21.5 Å². The number of halogens is 2. The van der Waals surface area contributed by atoms with Crippen molar-refractivity contribution in [3.05, 3.63) is 80.0 Å². The largest absolute Gasteiger partial charge is 0.386 e. The highest BCUT2D eigenvalue weighted by Crippen LogP contribution is 2.47. The van der Waals surface area contributed by atoms with Crippen LogP contribution in [-0.2, 0) is 4.74 Å². The van der Waals surface area contributed by atoms with E-state index in [9.17, 15) is 19.2 Å². The van der Waals surface area contributed by atoms with E-state index in [0.717, 1.165) is 0 Å². The molecule has 1 aromatic heterocycles. The van der Waals surface area contributed by atoms with Gasteiger partial charge in [0.05, 0.1) is 16.3 Å². The third-order valence-electron chi connectivity index (χ3n) is 6.26. The zero-order chi connectivity index (χ0) is 22.0. The van der Waals surface area contributed by atoms with Crippen LogP contribution in [0.25, 0.3) is 53.9 Å². The van der Waals surface area contributed by atoms with Gasteiger partial charge in [-0.2, -0.15) is 0 Å². The molecule has 8 heteroatoms. The lowest BCUT2D eigenvalue weighted by Gasteiger charge is -2.22. The molecular weight excluding hydrogens is 422 g/mol. The summed E-state index contributed by atoms with van der Waals surface area (Å²) < 4.78 is 40.1. The number of carbonyl (C=O) groups is 2. The molecular formula is C24H6F2O6. The predicted molar refractivity (Wildman–Crippen MR) is 111 cm³/mol. The smallest absolute Gasteiger partial charge is 0.349 e. The van der Waals surface area contributed by atoms with E-state index in [4.69, 9.17) is 4.42 Å². The van der Waals surface area contributed by atoms with Gasteiger partial charge in [-0.05, 0) is 21.5 Å². The van der Waals surface area contributed by atoms with Crippen molar-refractivity contribution in [1.82, 2.24) is 0 Å². The third kappa shape index (κ3) is 1.68. The molecule has 0 fully saturated rings. The number of cyclic esters (lactones) is 2. The first-order valence-corrected chi connectivity index (χ1v) is 9.50. The SMILES string of the molecule is O=C1OC(=O)c2c3c1c(F)c(F)c1c4cccc5cccc(c54)c(c4c(=O)oc(=O)c24)c31. The maximum absolute atomic E-state index is 15.5. The summed E-state index contributed by atoms with van der Waals surface area (Å²) in [4.78, 5) is 50.4. The van der Waals surface area contributed by atoms with Crippen molar-refractivity contribution in [3.8, 4) is 0 Å². The van der Waals surface area contributed by atoms with Gasteiger partial charge >= 0.3 is 23.2 Å². The van der Waals surface area contributed by atoms with Crippen LogP contribution in [0.4, 0.5) is 8.78 Å². The van der Waals surface area contributed by atoms with E-state index in [2.05, 4.69) is 4.74 Å².